The van der Waals surface area contributed by atoms with Crippen LogP contribution in [0.15, 0.2) is 24.3 Å². The number of nitrogens with zero attached hydrogens (tertiary/aromatic N) is 1. The Morgan fingerprint density at radius 1 is 1.08 bits per heavy atom. The molecule has 1 unspecified atom stereocenters. The molecular formula is C20H29N3O3. The normalized spacial score (nSPS) is 15.5. The van der Waals surface area contributed by atoms with Crippen LogP contribution in [0.3, 0.4) is 0 Å². The molecule has 1 atom stereocenters. The zero-order chi connectivity index (χ0) is 19.3. The Hall–Kier alpha value is -2.37. The number of carbonyl (C=O) groups is 3. The summed E-state index contributed by atoms with van der Waals surface area (Å²) in [7, 11) is 0. The minimum absolute atomic E-state index is 0.0268. The van der Waals surface area contributed by atoms with Crippen molar-refractivity contribution < 1.29 is 14.4 Å². The minimum atomic E-state index is -0.422. The molecule has 2 N–H and O–H groups in total. The maximum Gasteiger partial charge on any atom is 0.243 e. The van der Waals surface area contributed by atoms with Gasteiger partial charge in [0.1, 0.15) is 6.04 Å². The average molecular weight is 359 g/mol. The van der Waals surface area contributed by atoms with E-state index in [0.29, 0.717) is 19.5 Å². The summed E-state index contributed by atoms with van der Waals surface area (Å²) >= 11 is 0. The summed E-state index contributed by atoms with van der Waals surface area (Å²) in [6.45, 7) is 8.65. The van der Waals surface area contributed by atoms with Crippen LogP contribution in [0.2, 0.25) is 0 Å². The number of likely N-dealkylation sites (tertiary alicyclic amines) is 1. The SMILES string of the molecule is CC(C)C(=O)Nc1ccc(CNC(=O)C(C(C)C)N2CCCC2=O)cc1. The van der Waals surface area contributed by atoms with E-state index in [2.05, 4.69) is 10.6 Å². The van der Waals surface area contributed by atoms with Gasteiger partial charge in [0.25, 0.3) is 0 Å². The van der Waals surface area contributed by atoms with Crippen molar-refractivity contribution in [3.05, 3.63) is 29.8 Å². The summed E-state index contributed by atoms with van der Waals surface area (Å²) < 4.78 is 0. The molecule has 0 aliphatic carbocycles. The van der Waals surface area contributed by atoms with Crippen LogP contribution in [0.25, 0.3) is 0 Å². The average Bonchev–Trinajstić information content (AvgIpc) is 2.99. The Morgan fingerprint density at radius 2 is 1.73 bits per heavy atom. The predicted molar refractivity (Wildman–Crippen MR) is 101 cm³/mol. The molecular weight excluding hydrogens is 330 g/mol. The third-order valence-electron chi connectivity index (χ3n) is 4.56. The van der Waals surface area contributed by atoms with Gasteiger partial charge >= 0.3 is 0 Å². The van der Waals surface area contributed by atoms with Crippen LogP contribution in [-0.2, 0) is 20.9 Å². The smallest absolute Gasteiger partial charge is 0.243 e. The quantitative estimate of drug-likeness (QED) is 0.785. The first kappa shape index (κ1) is 19.9. The third-order valence-corrected chi connectivity index (χ3v) is 4.56. The van der Waals surface area contributed by atoms with Crippen LogP contribution in [0.5, 0.6) is 0 Å². The van der Waals surface area contributed by atoms with E-state index in [9.17, 15) is 14.4 Å². The molecule has 6 heteroatoms. The van der Waals surface area contributed by atoms with Gasteiger partial charge in [-0.3, -0.25) is 14.4 Å². The van der Waals surface area contributed by atoms with E-state index >= 15 is 0 Å². The summed E-state index contributed by atoms with van der Waals surface area (Å²) in [6.07, 6.45) is 1.35. The Morgan fingerprint density at radius 3 is 2.23 bits per heavy atom. The van der Waals surface area contributed by atoms with E-state index in [4.69, 9.17) is 0 Å². The Balaban J connectivity index is 1.93. The fourth-order valence-electron chi connectivity index (χ4n) is 3.05. The van der Waals surface area contributed by atoms with Crippen LogP contribution < -0.4 is 10.6 Å². The van der Waals surface area contributed by atoms with Crippen molar-refractivity contribution in [3.63, 3.8) is 0 Å². The molecule has 1 aromatic carbocycles. The van der Waals surface area contributed by atoms with E-state index < -0.39 is 6.04 Å². The lowest BCUT2D eigenvalue weighted by Gasteiger charge is -2.29. The van der Waals surface area contributed by atoms with Crippen molar-refractivity contribution in [1.29, 1.82) is 0 Å². The van der Waals surface area contributed by atoms with Crippen LogP contribution >= 0.6 is 0 Å². The Bertz CT molecular complexity index is 653. The first-order valence-electron chi connectivity index (χ1n) is 9.26. The predicted octanol–water partition coefficient (Wildman–Crippen LogP) is 2.54. The molecule has 1 aliphatic heterocycles. The Labute approximate surface area is 155 Å². The van der Waals surface area contributed by atoms with Gasteiger partial charge in [-0.15, -0.1) is 0 Å². The van der Waals surface area contributed by atoms with Gasteiger partial charge in [-0.2, -0.15) is 0 Å². The molecule has 1 heterocycles. The molecule has 6 nitrogen and oxygen atoms in total. The minimum Gasteiger partial charge on any atom is -0.350 e. The summed E-state index contributed by atoms with van der Waals surface area (Å²) in [5, 5.41) is 5.77. The molecule has 1 saturated heterocycles. The molecule has 0 bridgehead atoms. The molecule has 26 heavy (non-hydrogen) atoms. The zero-order valence-electron chi connectivity index (χ0n) is 16.0. The lowest BCUT2D eigenvalue weighted by molar-refractivity contribution is -0.139. The van der Waals surface area contributed by atoms with E-state index in [0.717, 1.165) is 17.7 Å². The topological polar surface area (TPSA) is 78.5 Å². The lowest BCUT2D eigenvalue weighted by Crippen LogP contribution is -2.50. The number of anilines is 1. The number of hydrogen-bond donors (Lipinski definition) is 2. The number of rotatable bonds is 7. The molecule has 0 radical (unpaired) electrons. The maximum absolute atomic E-state index is 12.6. The van der Waals surface area contributed by atoms with Crippen molar-refractivity contribution in [2.45, 2.75) is 53.1 Å². The third kappa shape index (κ3) is 5.07. The first-order chi connectivity index (χ1) is 12.3. The van der Waals surface area contributed by atoms with Gasteiger partial charge in [-0.1, -0.05) is 39.8 Å². The molecule has 1 fully saturated rings. The lowest BCUT2D eigenvalue weighted by atomic mass is 10.0. The number of benzene rings is 1. The van der Waals surface area contributed by atoms with Gasteiger partial charge in [-0.25, -0.2) is 0 Å². The monoisotopic (exact) mass is 359 g/mol. The van der Waals surface area contributed by atoms with Gasteiger partial charge in [0.05, 0.1) is 0 Å². The number of carbonyl (C=O) groups excluding carboxylic acids is 3. The highest BCUT2D eigenvalue weighted by Gasteiger charge is 2.34. The Kier molecular flexibility index (Phi) is 6.77. The standard InChI is InChI=1S/C20H29N3O3/c1-13(2)18(23-11-5-6-17(23)24)20(26)21-12-15-7-9-16(10-8-15)22-19(25)14(3)4/h7-10,13-14,18H,5-6,11-12H2,1-4H3,(H,21,26)(H,22,25). The summed E-state index contributed by atoms with van der Waals surface area (Å²) in [5.74, 6) is -0.0986. The van der Waals surface area contributed by atoms with Crippen LogP contribution in [0.4, 0.5) is 5.69 Å². The highest BCUT2D eigenvalue weighted by molar-refractivity contribution is 5.92. The maximum atomic E-state index is 12.6. The highest BCUT2D eigenvalue weighted by atomic mass is 16.2. The van der Waals surface area contributed by atoms with Gasteiger partial charge in [0, 0.05) is 31.1 Å². The molecule has 0 aromatic heterocycles. The van der Waals surface area contributed by atoms with E-state index in [1.54, 1.807) is 4.90 Å². The number of amides is 3. The van der Waals surface area contributed by atoms with E-state index in [-0.39, 0.29) is 29.6 Å². The second kappa shape index (κ2) is 8.83. The second-order valence-corrected chi connectivity index (χ2v) is 7.44. The highest BCUT2D eigenvalue weighted by Crippen LogP contribution is 2.19. The zero-order valence-corrected chi connectivity index (χ0v) is 16.0. The number of nitrogens with one attached hydrogen (secondary N) is 2. The number of hydrogen-bond acceptors (Lipinski definition) is 3. The molecule has 142 valence electrons. The van der Waals surface area contributed by atoms with Crippen molar-refractivity contribution in [2.24, 2.45) is 11.8 Å². The molecule has 2 rings (SSSR count). The molecule has 3 amide bonds. The van der Waals surface area contributed by atoms with Crippen molar-refractivity contribution >= 4 is 23.4 Å². The van der Waals surface area contributed by atoms with Crippen LogP contribution in [0, 0.1) is 11.8 Å². The van der Waals surface area contributed by atoms with E-state index in [1.807, 2.05) is 52.0 Å². The first-order valence-corrected chi connectivity index (χ1v) is 9.26. The molecule has 1 aliphatic rings. The van der Waals surface area contributed by atoms with Crippen molar-refractivity contribution in [3.8, 4) is 0 Å². The molecule has 0 spiro atoms. The van der Waals surface area contributed by atoms with E-state index in [1.165, 1.54) is 0 Å². The van der Waals surface area contributed by atoms with Crippen LogP contribution in [0.1, 0.15) is 46.1 Å². The van der Waals surface area contributed by atoms with Gasteiger partial charge in [0.15, 0.2) is 0 Å². The largest absolute Gasteiger partial charge is 0.350 e. The van der Waals surface area contributed by atoms with Crippen LogP contribution in [-0.4, -0.2) is 35.2 Å². The summed E-state index contributed by atoms with van der Waals surface area (Å²) in [6, 6.07) is 6.98. The molecule has 1 aromatic rings. The van der Waals surface area contributed by atoms with Gasteiger partial charge in [-0.05, 0) is 30.0 Å². The fraction of sp³-hybridized carbons (Fsp3) is 0.550. The van der Waals surface area contributed by atoms with Crippen molar-refractivity contribution in [2.75, 3.05) is 11.9 Å². The van der Waals surface area contributed by atoms with Crippen molar-refractivity contribution in [1.82, 2.24) is 10.2 Å². The fourth-order valence-corrected chi connectivity index (χ4v) is 3.05. The summed E-state index contributed by atoms with van der Waals surface area (Å²) in [4.78, 5) is 38.0. The summed E-state index contributed by atoms with van der Waals surface area (Å²) in [5.41, 5.74) is 1.68. The van der Waals surface area contributed by atoms with Gasteiger partial charge < -0.3 is 15.5 Å². The second-order valence-electron chi connectivity index (χ2n) is 7.44. The molecule has 0 saturated carbocycles. The van der Waals surface area contributed by atoms with Gasteiger partial charge in [0.2, 0.25) is 17.7 Å².